The van der Waals surface area contributed by atoms with E-state index in [4.69, 9.17) is 15.6 Å². The number of rotatable bonds is 3. The van der Waals surface area contributed by atoms with E-state index in [9.17, 15) is 18.0 Å². The number of aromatic nitrogens is 4. The molecule has 12 heteroatoms. The molecular formula is C18H17F3N6O3. The number of hydrogen-bond donors (Lipinski definition) is 4. The highest BCUT2D eigenvalue weighted by Gasteiger charge is 2.38. The number of H-pyrrole nitrogens is 1. The Bertz CT molecular complexity index is 1110. The van der Waals surface area contributed by atoms with Crippen LogP contribution in [0.15, 0.2) is 41.5 Å². The van der Waals surface area contributed by atoms with E-state index >= 15 is 0 Å². The zero-order valence-corrected chi connectivity index (χ0v) is 15.8. The maximum absolute atomic E-state index is 11.6. The molecule has 5 N–H and O–H groups in total. The molecule has 9 nitrogen and oxygen atoms in total. The molecule has 0 saturated carbocycles. The number of anilines is 3. The molecule has 3 rings (SSSR count). The Morgan fingerprint density at radius 3 is 2.40 bits per heavy atom. The van der Waals surface area contributed by atoms with E-state index in [1.54, 1.807) is 24.5 Å². The molecule has 0 aliphatic heterocycles. The number of aromatic amines is 1. The van der Waals surface area contributed by atoms with Gasteiger partial charge in [0, 0.05) is 18.5 Å². The van der Waals surface area contributed by atoms with Crippen LogP contribution in [0.25, 0.3) is 11.1 Å². The highest BCUT2D eigenvalue weighted by molar-refractivity contribution is 5.73. The number of alkyl halides is 3. The lowest BCUT2D eigenvalue weighted by atomic mass is 10.0. The van der Waals surface area contributed by atoms with Crippen LogP contribution in [-0.2, 0) is 4.79 Å². The van der Waals surface area contributed by atoms with Crippen LogP contribution in [0, 0.1) is 13.8 Å². The number of carboxylic acid groups (broad SMARTS) is 1. The quantitative estimate of drug-likeness (QED) is 0.504. The largest absolute Gasteiger partial charge is 0.490 e. The zero-order chi connectivity index (χ0) is 22.5. The van der Waals surface area contributed by atoms with Gasteiger partial charge in [0.25, 0.3) is 0 Å². The highest BCUT2D eigenvalue weighted by atomic mass is 19.4. The summed E-state index contributed by atoms with van der Waals surface area (Å²) in [5.74, 6) is -0.477. The topological polar surface area (TPSA) is 147 Å². The Balaban J connectivity index is 0.000000396. The van der Waals surface area contributed by atoms with Crippen LogP contribution in [0.2, 0.25) is 0 Å². The molecule has 3 heterocycles. The van der Waals surface area contributed by atoms with Gasteiger partial charge >= 0.3 is 12.1 Å². The fraction of sp³-hybridized carbons (Fsp3) is 0.167. The van der Waals surface area contributed by atoms with Crippen molar-refractivity contribution < 1.29 is 23.1 Å². The predicted octanol–water partition coefficient (Wildman–Crippen LogP) is 2.80. The number of nitrogen functional groups attached to an aromatic ring is 1. The molecular weight excluding hydrogens is 405 g/mol. The van der Waals surface area contributed by atoms with Crippen molar-refractivity contribution in [3.63, 3.8) is 0 Å². The molecule has 0 aliphatic carbocycles. The van der Waals surface area contributed by atoms with Gasteiger partial charge in [-0.25, -0.2) is 19.7 Å². The average Bonchev–Trinajstić information content (AvgIpc) is 2.62. The normalized spacial score (nSPS) is 10.7. The summed E-state index contributed by atoms with van der Waals surface area (Å²) in [6.07, 6.45) is -1.67. The van der Waals surface area contributed by atoms with Crippen molar-refractivity contribution in [2.45, 2.75) is 20.0 Å². The number of carboxylic acids is 1. The molecule has 30 heavy (non-hydrogen) atoms. The van der Waals surface area contributed by atoms with Crippen molar-refractivity contribution >= 4 is 23.4 Å². The minimum Gasteiger partial charge on any atom is -0.475 e. The van der Waals surface area contributed by atoms with Crippen molar-refractivity contribution in [3.8, 4) is 11.1 Å². The molecule has 158 valence electrons. The molecule has 0 unspecified atom stereocenters. The Labute approximate surface area is 167 Å². The van der Waals surface area contributed by atoms with E-state index in [2.05, 4.69) is 25.3 Å². The van der Waals surface area contributed by atoms with Crippen molar-refractivity contribution in [3.05, 3.63) is 58.4 Å². The van der Waals surface area contributed by atoms with E-state index in [-0.39, 0.29) is 5.56 Å². The van der Waals surface area contributed by atoms with Gasteiger partial charge in [-0.15, -0.1) is 0 Å². The van der Waals surface area contributed by atoms with Gasteiger partial charge in [0.15, 0.2) is 0 Å². The molecule has 0 spiro atoms. The summed E-state index contributed by atoms with van der Waals surface area (Å²) in [5.41, 5.74) is 8.05. The third-order valence-corrected chi connectivity index (χ3v) is 3.55. The maximum atomic E-state index is 11.6. The lowest BCUT2D eigenvalue weighted by Gasteiger charge is -2.10. The van der Waals surface area contributed by atoms with Crippen LogP contribution in [0.3, 0.4) is 0 Å². The van der Waals surface area contributed by atoms with Gasteiger partial charge in [0.2, 0.25) is 5.56 Å². The van der Waals surface area contributed by atoms with Crippen molar-refractivity contribution in [1.82, 2.24) is 19.9 Å². The summed E-state index contributed by atoms with van der Waals surface area (Å²) in [7, 11) is 0. The van der Waals surface area contributed by atoms with Crippen LogP contribution in [0.5, 0.6) is 0 Å². The summed E-state index contributed by atoms with van der Waals surface area (Å²) < 4.78 is 31.7. The second-order valence-electron chi connectivity index (χ2n) is 5.99. The number of nitrogens with zero attached hydrogens (tertiary/aromatic N) is 3. The molecule has 0 fully saturated rings. The van der Waals surface area contributed by atoms with Gasteiger partial charge in [-0.3, -0.25) is 4.79 Å². The van der Waals surface area contributed by atoms with E-state index in [1.807, 2.05) is 19.9 Å². The first kappa shape index (κ1) is 22.3. The summed E-state index contributed by atoms with van der Waals surface area (Å²) in [6, 6.07) is 6.86. The van der Waals surface area contributed by atoms with Crippen molar-refractivity contribution in [2.75, 3.05) is 11.1 Å². The third-order valence-electron chi connectivity index (χ3n) is 3.55. The minimum absolute atomic E-state index is 0.239. The molecule has 0 aromatic carbocycles. The monoisotopic (exact) mass is 422 g/mol. The van der Waals surface area contributed by atoms with Crippen LogP contribution in [0.4, 0.5) is 30.6 Å². The Morgan fingerprint density at radius 2 is 1.83 bits per heavy atom. The van der Waals surface area contributed by atoms with Crippen LogP contribution >= 0.6 is 0 Å². The minimum atomic E-state index is -5.08. The molecule has 0 amide bonds. The van der Waals surface area contributed by atoms with Gasteiger partial charge in [0.05, 0.1) is 0 Å². The predicted molar refractivity (Wildman–Crippen MR) is 103 cm³/mol. The molecule has 0 radical (unpaired) electrons. The number of nitrogens with one attached hydrogen (secondary N) is 2. The SMILES string of the molecule is Cc1nccc(Nc2cc(-c3cc(N)[nH]c(=O)c3)c(C)cn2)n1.O=C(O)C(F)(F)F. The van der Waals surface area contributed by atoms with Crippen LogP contribution < -0.4 is 16.6 Å². The standard InChI is InChI=1S/C16H16N6O.C2HF3O2/c1-9-8-19-15(22-14-3-4-18-10(2)20-14)7-12(9)11-5-13(17)21-16(23)6-11;3-2(4,5)1(6)7/h3-8H,1-2H3,(H3,17,21,23)(H,18,19,20,22);(H,6,7). The van der Waals surface area contributed by atoms with E-state index in [0.29, 0.717) is 23.3 Å². The number of aliphatic carboxylic acids is 1. The molecule has 0 atom stereocenters. The van der Waals surface area contributed by atoms with Gasteiger partial charge in [-0.2, -0.15) is 13.2 Å². The first-order chi connectivity index (χ1) is 14.0. The lowest BCUT2D eigenvalue weighted by molar-refractivity contribution is -0.192. The van der Waals surface area contributed by atoms with E-state index in [1.165, 1.54) is 6.07 Å². The molecule has 3 aromatic heterocycles. The Kier molecular flexibility index (Phi) is 6.72. The summed E-state index contributed by atoms with van der Waals surface area (Å²) in [6.45, 7) is 3.75. The van der Waals surface area contributed by atoms with Crippen molar-refractivity contribution in [1.29, 1.82) is 0 Å². The smallest absolute Gasteiger partial charge is 0.475 e. The van der Waals surface area contributed by atoms with E-state index in [0.717, 1.165) is 16.7 Å². The fourth-order valence-corrected chi connectivity index (χ4v) is 2.28. The number of halogens is 3. The number of pyridine rings is 2. The number of nitrogens with two attached hydrogens (primary N) is 1. The van der Waals surface area contributed by atoms with Gasteiger partial charge in [-0.05, 0) is 48.7 Å². The van der Waals surface area contributed by atoms with E-state index < -0.39 is 12.1 Å². The molecule has 0 aliphatic rings. The summed E-state index contributed by atoms with van der Waals surface area (Å²) in [4.78, 5) is 35.7. The van der Waals surface area contributed by atoms with Gasteiger partial charge < -0.3 is 21.1 Å². The van der Waals surface area contributed by atoms with Gasteiger partial charge in [-0.1, -0.05) is 0 Å². The Hall–Kier alpha value is -3.96. The molecule has 0 saturated heterocycles. The molecule has 0 bridgehead atoms. The number of hydrogen-bond acceptors (Lipinski definition) is 7. The summed E-state index contributed by atoms with van der Waals surface area (Å²) >= 11 is 0. The lowest BCUT2D eigenvalue weighted by Crippen LogP contribution is -2.21. The van der Waals surface area contributed by atoms with Crippen LogP contribution in [0.1, 0.15) is 11.4 Å². The Morgan fingerprint density at radius 1 is 1.17 bits per heavy atom. The number of aryl methyl sites for hydroxylation is 2. The zero-order valence-electron chi connectivity index (χ0n) is 15.8. The second kappa shape index (κ2) is 9.03. The van der Waals surface area contributed by atoms with Crippen molar-refractivity contribution in [2.24, 2.45) is 0 Å². The fourth-order valence-electron chi connectivity index (χ4n) is 2.28. The number of carbonyl (C=O) groups is 1. The molecule has 3 aromatic rings. The summed E-state index contributed by atoms with van der Waals surface area (Å²) in [5, 5.41) is 10.3. The van der Waals surface area contributed by atoms with Crippen LogP contribution in [-0.4, -0.2) is 37.2 Å². The average molecular weight is 422 g/mol. The highest BCUT2D eigenvalue weighted by Crippen LogP contribution is 2.26. The maximum Gasteiger partial charge on any atom is 0.490 e. The van der Waals surface area contributed by atoms with Gasteiger partial charge in [0.1, 0.15) is 23.3 Å². The first-order valence-electron chi connectivity index (χ1n) is 8.29. The third kappa shape index (κ3) is 6.29. The first-order valence-corrected chi connectivity index (χ1v) is 8.29. The second-order valence-corrected chi connectivity index (χ2v) is 5.99.